The average molecular weight is 505 g/mol. The van der Waals surface area contributed by atoms with Gasteiger partial charge in [-0.2, -0.15) is 0 Å². The van der Waals surface area contributed by atoms with E-state index in [4.69, 9.17) is 23.7 Å². The van der Waals surface area contributed by atoms with Crippen LogP contribution < -0.4 is 0 Å². The molecule has 5 N–H and O–H groups in total. The van der Waals surface area contributed by atoms with Gasteiger partial charge in [-0.05, 0) is 23.8 Å². The summed E-state index contributed by atoms with van der Waals surface area (Å²) in [5.41, 5.74) is 0.576. The van der Waals surface area contributed by atoms with Crippen molar-refractivity contribution in [3.05, 3.63) is 11.8 Å². The lowest BCUT2D eigenvalue weighted by atomic mass is 9.83. The first-order valence-electron chi connectivity index (χ1n) is 11.8. The minimum Gasteiger partial charge on any atom is -0.465 e. The number of hydrogen-bond acceptors (Lipinski definition) is 12. The molecular weight excluding hydrogens is 468 g/mol. The minimum atomic E-state index is -1.58. The van der Waals surface area contributed by atoms with Gasteiger partial charge in [0.2, 0.25) is 6.29 Å². The molecule has 0 aromatic carbocycles. The van der Waals surface area contributed by atoms with Crippen LogP contribution in [0.15, 0.2) is 11.8 Å². The quantitative estimate of drug-likeness (QED) is 0.237. The maximum Gasteiger partial charge on any atom is 0.309 e. The zero-order valence-electron chi connectivity index (χ0n) is 20.1. The first kappa shape index (κ1) is 27.8. The molecule has 35 heavy (non-hydrogen) atoms. The number of ether oxygens (including phenoxy) is 5. The Morgan fingerprint density at radius 3 is 2.46 bits per heavy atom. The van der Waals surface area contributed by atoms with Crippen molar-refractivity contribution in [2.45, 2.75) is 76.7 Å². The Kier molecular flexibility index (Phi) is 9.49. The van der Waals surface area contributed by atoms with Crippen molar-refractivity contribution in [2.75, 3.05) is 19.8 Å². The highest BCUT2D eigenvalue weighted by atomic mass is 16.7. The van der Waals surface area contributed by atoms with Crippen LogP contribution in [0.4, 0.5) is 0 Å². The lowest BCUT2D eigenvalue weighted by molar-refractivity contribution is -0.299. The maximum atomic E-state index is 12.3. The predicted octanol–water partition coefficient (Wildman–Crippen LogP) is -1.19. The van der Waals surface area contributed by atoms with Gasteiger partial charge in [0.15, 0.2) is 6.29 Å². The Bertz CT molecular complexity index is 768. The molecule has 2 heterocycles. The number of aliphatic hydroxyl groups excluding tert-OH is 5. The molecule has 0 amide bonds. The third-order valence-corrected chi connectivity index (χ3v) is 6.66. The summed E-state index contributed by atoms with van der Waals surface area (Å²) in [6.45, 7) is 4.21. The van der Waals surface area contributed by atoms with Gasteiger partial charge in [-0.15, -0.1) is 0 Å². The Labute approximate surface area is 203 Å². The van der Waals surface area contributed by atoms with E-state index in [-0.39, 0.29) is 37.9 Å². The van der Waals surface area contributed by atoms with Crippen LogP contribution in [0.2, 0.25) is 0 Å². The molecule has 1 aliphatic carbocycles. The SMILES string of the molecule is CC(=O)OC[C@@H]1[C@H]2[C@H](OC(=O)CC(C)C)OC=C(CO[C@@H]3O[C@H](CO)[C@@H](O)[C@H](O)[C@H]3O)[C@H]2C[C@@H]1O. The predicted molar refractivity (Wildman–Crippen MR) is 116 cm³/mol. The van der Waals surface area contributed by atoms with E-state index in [2.05, 4.69) is 0 Å². The largest absolute Gasteiger partial charge is 0.465 e. The third kappa shape index (κ3) is 6.50. The molecule has 3 aliphatic rings. The number of hydrogen-bond donors (Lipinski definition) is 5. The highest BCUT2D eigenvalue weighted by Gasteiger charge is 2.53. The van der Waals surface area contributed by atoms with Crippen LogP contribution in [0.25, 0.3) is 0 Å². The first-order valence-corrected chi connectivity index (χ1v) is 11.8. The molecular formula is C23H36O12. The molecule has 0 aromatic heterocycles. The molecule has 2 aliphatic heterocycles. The van der Waals surface area contributed by atoms with E-state index in [1.807, 2.05) is 13.8 Å². The number of fused-ring (bicyclic) bond motifs is 1. The molecule has 200 valence electrons. The molecule has 12 heteroatoms. The van der Waals surface area contributed by atoms with Crippen molar-refractivity contribution in [3.63, 3.8) is 0 Å². The number of carbonyl (C=O) groups excluding carboxylic acids is 2. The van der Waals surface area contributed by atoms with Gasteiger partial charge in [0.05, 0.1) is 32.2 Å². The third-order valence-electron chi connectivity index (χ3n) is 6.66. The van der Waals surface area contributed by atoms with Crippen LogP contribution in [0, 0.1) is 23.7 Å². The molecule has 0 unspecified atom stereocenters. The second kappa shape index (κ2) is 12.0. The highest BCUT2D eigenvalue weighted by Crippen LogP contribution is 2.47. The molecule has 1 saturated heterocycles. The van der Waals surface area contributed by atoms with Crippen molar-refractivity contribution in [3.8, 4) is 0 Å². The van der Waals surface area contributed by atoms with E-state index in [1.165, 1.54) is 13.2 Å². The number of rotatable bonds is 9. The van der Waals surface area contributed by atoms with E-state index in [0.717, 1.165) is 0 Å². The summed E-state index contributed by atoms with van der Waals surface area (Å²) in [5.74, 6) is -2.33. The zero-order chi connectivity index (χ0) is 25.9. The Hall–Kier alpha value is -1.80. The summed E-state index contributed by atoms with van der Waals surface area (Å²) in [4.78, 5) is 23.7. The summed E-state index contributed by atoms with van der Waals surface area (Å²) >= 11 is 0. The normalized spacial score (nSPS) is 38.9. The maximum absolute atomic E-state index is 12.3. The molecule has 1 saturated carbocycles. The van der Waals surface area contributed by atoms with Gasteiger partial charge in [0.1, 0.15) is 24.4 Å². The smallest absolute Gasteiger partial charge is 0.309 e. The van der Waals surface area contributed by atoms with Crippen LogP contribution >= 0.6 is 0 Å². The van der Waals surface area contributed by atoms with Crippen molar-refractivity contribution in [2.24, 2.45) is 23.7 Å². The van der Waals surface area contributed by atoms with Crippen molar-refractivity contribution in [1.82, 2.24) is 0 Å². The van der Waals surface area contributed by atoms with Crippen LogP contribution in [0.1, 0.15) is 33.6 Å². The van der Waals surface area contributed by atoms with Gasteiger partial charge in [0.25, 0.3) is 0 Å². The lowest BCUT2D eigenvalue weighted by Crippen LogP contribution is -2.59. The van der Waals surface area contributed by atoms with Crippen molar-refractivity contribution >= 4 is 11.9 Å². The van der Waals surface area contributed by atoms with Gasteiger partial charge in [0, 0.05) is 25.2 Å². The second-order valence-electron chi connectivity index (χ2n) is 9.75. The molecule has 0 aromatic rings. The van der Waals surface area contributed by atoms with Gasteiger partial charge in [-0.25, -0.2) is 0 Å². The van der Waals surface area contributed by atoms with Gasteiger partial charge in [-0.3, -0.25) is 9.59 Å². The van der Waals surface area contributed by atoms with E-state index in [9.17, 15) is 35.1 Å². The zero-order valence-corrected chi connectivity index (χ0v) is 20.1. The second-order valence-corrected chi connectivity index (χ2v) is 9.75. The van der Waals surface area contributed by atoms with E-state index < -0.39 is 73.5 Å². The van der Waals surface area contributed by atoms with Crippen LogP contribution in [-0.4, -0.2) is 100 Å². The fourth-order valence-corrected chi connectivity index (χ4v) is 4.85. The molecule has 0 bridgehead atoms. The van der Waals surface area contributed by atoms with E-state index in [0.29, 0.717) is 5.57 Å². The summed E-state index contributed by atoms with van der Waals surface area (Å²) in [6, 6.07) is 0. The van der Waals surface area contributed by atoms with Crippen LogP contribution in [0.3, 0.4) is 0 Å². The molecule has 12 nitrogen and oxygen atoms in total. The van der Waals surface area contributed by atoms with E-state index >= 15 is 0 Å². The Balaban J connectivity index is 1.74. The minimum absolute atomic E-state index is 0.0749. The van der Waals surface area contributed by atoms with Gasteiger partial charge >= 0.3 is 11.9 Å². The number of carbonyl (C=O) groups is 2. The fraction of sp³-hybridized carbons (Fsp3) is 0.826. The fourth-order valence-electron chi connectivity index (χ4n) is 4.85. The Morgan fingerprint density at radius 1 is 1.11 bits per heavy atom. The topological polar surface area (TPSA) is 181 Å². The monoisotopic (exact) mass is 504 g/mol. The number of esters is 2. The summed E-state index contributed by atoms with van der Waals surface area (Å²) in [7, 11) is 0. The molecule has 2 fully saturated rings. The standard InChI is InChI=1S/C23H36O12/c1-10(2)4-17(27)35-22-18-13(5-15(26)14(18)9-31-11(3)25)12(7-32-22)8-33-23-21(30)20(29)19(28)16(6-24)34-23/h7,10,13-16,18-24,26,28-30H,4-6,8-9H2,1-3H3/t13-,14+,15+,16-,18+,19-,20+,21-,22+,23-/m1/s1. The highest BCUT2D eigenvalue weighted by molar-refractivity contribution is 5.69. The Morgan fingerprint density at radius 2 is 1.83 bits per heavy atom. The molecule has 0 radical (unpaired) electrons. The van der Waals surface area contributed by atoms with Crippen LogP contribution in [0.5, 0.6) is 0 Å². The van der Waals surface area contributed by atoms with Gasteiger partial charge in [-0.1, -0.05) is 13.8 Å². The van der Waals surface area contributed by atoms with E-state index in [1.54, 1.807) is 0 Å². The summed E-state index contributed by atoms with van der Waals surface area (Å²) < 4.78 is 27.5. The van der Waals surface area contributed by atoms with Crippen LogP contribution in [-0.2, 0) is 33.3 Å². The van der Waals surface area contributed by atoms with Gasteiger partial charge < -0.3 is 49.2 Å². The summed E-state index contributed by atoms with van der Waals surface area (Å²) in [5, 5.41) is 50.2. The molecule has 0 spiro atoms. The summed E-state index contributed by atoms with van der Waals surface area (Å²) in [6.07, 6.45) is -7.15. The first-order chi connectivity index (χ1) is 16.5. The average Bonchev–Trinajstić information content (AvgIpc) is 3.12. The van der Waals surface area contributed by atoms with Crippen molar-refractivity contribution < 1.29 is 58.8 Å². The van der Waals surface area contributed by atoms with Crippen molar-refractivity contribution in [1.29, 1.82) is 0 Å². The molecule has 10 atom stereocenters. The molecule has 3 rings (SSSR count). The number of aliphatic hydroxyl groups is 5. The lowest BCUT2D eigenvalue weighted by Gasteiger charge is -2.40.